The third-order valence-corrected chi connectivity index (χ3v) is 2.41. The SMILES string of the molecule is NSCN1CCN(C(=O)O)CC1. The summed E-state index contributed by atoms with van der Waals surface area (Å²) in [4.78, 5) is 14.1. The van der Waals surface area contributed by atoms with Gasteiger partial charge in [-0.2, -0.15) is 0 Å². The third kappa shape index (κ3) is 2.54. The molecular weight excluding hydrogens is 178 g/mol. The second kappa shape index (κ2) is 4.54. The molecule has 1 rings (SSSR count). The van der Waals surface area contributed by atoms with Crippen LogP contribution in [0.5, 0.6) is 0 Å². The molecule has 0 aliphatic carbocycles. The molecule has 1 amide bonds. The Kier molecular flexibility index (Phi) is 3.64. The summed E-state index contributed by atoms with van der Waals surface area (Å²) in [7, 11) is 0. The van der Waals surface area contributed by atoms with Crippen molar-refractivity contribution in [3.8, 4) is 0 Å². The van der Waals surface area contributed by atoms with Crippen LogP contribution in [0.4, 0.5) is 4.79 Å². The predicted molar refractivity (Wildman–Crippen MR) is 47.8 cm³/mol. The zero-order valence-electron chi connectivity index (χ0n) is 6.77. The van der Waals surface area contributed by atoms with Gasteiger partial charge in [0.25, 0.3) is 0 Å². The first-order valence-electron chi connectivity index (χ1n) is 3.76. The molecule has 0 radical (unpaired) electrons. The van der Waals surface area contributed by atoms with Crippen molar-refractivity contribution in [3.05, 3.63) is 0 Å². The second-order valence-electron chi connectivity index (χ2n) is 2.68. The lowest BCUT2D eigenvalue weighted by molar-refractivity contribution is 0.113. The van der Waals surface area contributed by atoms with Crippen LogP contribution in [0.2, 0.25) is 0 Å². The molecule has 0 atom stereocenters. The minimum absolute atomic E-state index is 0.593. The van der Waals surface area contributed by atoms with E-state index in [4.69, 9.17) is 10.2 Å². The normalized spacial score (nSPS) is 19.6. The molecule has 1 aliphatic heterocycles. The van der Waals surface area contributed by atoms with Crippen LogP contribution < -0.4 is 5.14 Å². The molecule has 6 heteroatoms. The van der Waals surface area contributed by atoms with Gasteiger partial charge in [-0.05, 0) is 0 Å². The fourth-order valence-electron chi connectivity index (χ4n) is 1.17. The number of hydrogen-bond donors (Lipinski definition) is 2. The Labute approximate surface area is 75.6 Å². The first kappa shape index (κ1) is 9.63. The highest BCUT2D eigenvalue weighted by Gasteiger charge is 2.19. The van der Waals surface area contributed by atoms with Gasteiger partial charge in [0.15, 0.2) is 0 Å². The van der Waals surface area contributed by atoms with Crippen LogP contribution in [-0.4, -0.2) is 53.1 Å². The van der Waals surface area contributed by atoms with Gasteiger partial charge in [0, 0.05) is 26.2 Å². The molecule has 0 aromatic rings. The molecule has 3 N–H and O–H groups in total. The number of hydrogen-bond acceptors (Lipinski definition) is 4. The minimum Gasteiger partial charge on any atom is -0.465 e. The van der Waals surface area contributed by atoms with Gasteiger partial charge < -0.3 is 10.0 Å². The Morgan fingerprint density at radius 1 is 1.42 bits per heavy atom. The predicted octanol–water partition coefficient (Wildman–Crippen LogP) is -0.154. The van der Waals surface area contributed by atoms with Crippen molar-refractivity contribution in [1.82, 2.24) is 9.80 Å². The lowest BCUT2D eigenvalue weighted by Gasteiger charge is -2.32. The standard InChI is InChI=1S/C6H13N3O2S/c7-12-5-8-1-3-9(4-2-8)6(10)11/h1-5,7H2,(H,10,11). The van der Waals surface area contributed by atoms with Gasteiger partial charge in [-0.15, -0.1) is 0 Å². The average Bonchev–Trinajstić information content (AvgIpc) is 2.06. The number of nitrogens with zero attached hydrogens (tertiary/aromatic N) is 2. The largest absolute Gasteiger partial charge is 0.465 e. The van der Waals surface area contributed by atoms with E-state index in [1.807, 2.05) is 0 Å². The molecule has 0 aromatic carbocycles. The van der Waals surface area contributed by atoms with Gasteiger partial charge in [0.2, 0.25) is 0 Å². The Balaban J connectivity index is 2.25. The fraction of sp³-hybridized carbons (Fsp3) is 0.833. The smallest absolute Gasteiger partial charge is 0.407 e. The summed E-state index contributed by atoms with van der Waals surface area (Å²) in [6.07, 6.45) is -0.824. The Bertz CT molecular complexity index is 159. The average molecular weight is 191 g/mol. The van der Waals surface area contributed by atoms with Crippen LogP contribution in [-0.2, 0) is 0 Å². The van der Waals surface area contributed by atoms with Gasteiger partial charge in [-0.25, -0.2) is 4.79 Å². The molecule has 5 nitrogen and oxygen atoms in total. The lowest BCUT2D eigenvalue weighted by atomic mass is 10.3. The maximum atomic E-state index is 10.5. The molecule has 1 heterocycles. The summed E-state index contributed by atoms with van der Waals surface area (Å²) in [5, 5.41) is 13.9. The second-order valence-corrected chi connectivity index (χ2v) is 3.27. The summed E-state index contributed by atoms with van der Waals surface area (Å²) >= 11 is 1.28. The minimum atomic E-state index is -0.824. The number of nitrogens with two attached hydrogens (primary N) is 1. The molecule has 1 fully saturated rings. The molecule has 0 bridgehead atoms. The van der Waals surface area contributed by atoms with Crippen molar-refractivity contribution >= 4 is 18.0 Å². The van der Waals surface area contributed by atoms with Crippen LogP contribution in [0.15, 0.2) is 0 Å². The first-order chi connectivity index (χ1) is 5.74. The Hall–Kier alpha value is -0.460. The van der Waals surface area contributed by atoms with E-state index in [1.54, 1.807) is 0 Å². The van der Waals surface area contributed by atoms with Crippen LogP contribution in [0, 0.1) is 0 Å². The molecule has 70 valence electrons. The van der Waals surface area contributed by atoms with Crippen LogP contribution in [0.3, 0.4) is 0 Å². The molecule has 0 spiro atoms. The number of carbonyl (C=O) groups is 1. The zero-order chi connectivity index (χ0) is 8.97. The summed E-state index contributed by atoms with van der Waals surface area (Å²) < 4.78 is 0. The van der Waals surface area contributed by atoms with Gasteiger partial charge in [0.1, 0.15) is 0 Å². The van der Waals surface area contributed by atoms with Crippen LogP contribution >= 0.6 is 11.9 Å². The van der Waals surface area contributed by atoms with Crippen molar-refractivity contribution in [1.29, 1.82) is 0 Å². The van der Waals surface area contributed by atoms with Gasteiger partial charge in [0.05, 0.1) is 5.88 Å². The summed E-state index contributed by atoms with van der Waals surface area (Å²) in [6.45, 7) is 2.76. The highest BCUT2D eigenvalue weighted by molar-refractivity contribution is 7.97. The maximum Gasteiger partial charge on any atom is 0.407 e. The monoisotopic (exact) mass is 191 g/mol. The maximum absolute atomic E-state index is 10.5. The van der Waals surface area contributed by atoms with E-state index >= 15 is 0 Å². The number of rotatable bonds is 2. The number of amides is 1. The van der Waals surface area contributed by atoms with E-state index < -0.39 is 6.09 Å². The van der Waals surface area contributed by atoms with E-state index in [1.165, 1.54) is 16.8 Å². The molecule has 0 unspecified atom stereocenters. The molecule has 12 heavy (non-hydrogen) atoms. The Morgan fingerprint density at radius 3 is 2.42 bits per heavy atom. The molecule has 0 aromatic heterocycles. The van der Waals surface area contributed by atoms with E-state index in [9.17, 15) is 4.79 Å². The Morgan fingerprint density at radius 2 is 2.00 bits per heavy atom. The first-order valence-corrected chi connectivity index (χ1v) is 4.81. The quantitative estimate of drug-likeness (QED) is 0.594. The van der Waals surface area contributed by atoms with Crippen molar-refractivity contribution < 1.29 is 9.90 Å². The highest BCUT2D eigenvalue weighted by atomic mass is 32.2. The van der Waals surface area contributed by atoms with Crippen molar-refractivity contribution in [2.24, 2.45) is 5.14 Å². The van der Waals surface area contributed by atoms with Gasteiger partial charge in [-0.1, -0.05) is 11.9 Å². The van der Waals surface area contributed by atoms with E-state index in [0.717, 1.165) is 19.0 Å². The van der Waals surface area contributed by atoms with Gasteiger partial charge in [-0.3, -0.25) is 10.0 Å². The van der Waals surface area contributed by atoms with E-state index in [0.29, 0.717) is 13.1 Å². The van der Waals surface area contributed by atoms with Crippen molar-refractivity contribution in [2.75, 3.05) is 32.1 Å². The van der Waals surface area contributed by atoms with Crippen molar-refractivity contribution in [2.45, 2.75) is 0 Å². The number of carboxylic acid groups (broad SMARTS) is 1. The molecular formula is C6H13N3O2S. The molecule has 0 saturated carbocycles. The highest BCUT2D eigenvalue weighted by Crippen LogP contribution is 2.03. The summed E-state index contributed by atoms with van der Waals surface area (Å²) in [5.41, 5.74) is 0. The number of piperazine rings is 1. The third-order valence-electron chi connectivity index (χ3n) is 1.90. The zero-order valence-corrected chi connectivity index (χ0v) is 7.59. The molecule has 1 saturated heterocycles. The summed E-state index contributed by atoms with van der Waals surface area (Å²) in [5.74, 6) is 0.785. The van der Waals surface area contributed by atoms with Crippen LogP contribution in [0.1, 0.15) is 0 Å². The van der Waals surface area contributed by atoms with E-state index in [-0.39, 0.29) is 0 Å². The van der Waals surface area contributed by atoms with E-state index in [2.05, 4.69) is 4.90 Å². The summed E-state index contributed by atoms with van der Waals surface area (Å²) in [6, 6.07) is 0. The van der Waals surface area contributed by atoms with Crippen LogP contribution in [0.25, 0.3) is 0 Å². The van der Waals surface area contributed by atoms with Gasteiger partial charge >= 0.3 is 6.09 Å². The lowest BCUT2D eigenvalue weighted by Crippen LogP contribution is -2.48. The molecule has 1 aliphatic rings. The topological polar surface area (TPSA) is 69.8 Å². The fourth-order valence-corrected chi connectivity index (χ4v) is 1.64. The van der Waals surface area contributed by atoms with Crippen molar-refractivity contribution in [3.63, 3.8) is 0 Å².